The van der Waals surface area contributed by atoms with Gasteiger partial charge < -0.3 is 9.90 Å². The number of rotatable bonds is 3. The lowest BCUT2D eigenvalue weighted by atomic mass is 10.1. The van der Waals surface area contributed by atoms with Gasteiger partial charge in [-0.05, 0) is 31.9 Å². The molecule has 1 aliphatic rings. The highest BCUT2D eigenvalue weighted by Crippen LogP contribution is 2.33. The predicted molar refractivity (Wildman–Crippen MR) is 78.0 cm³/mol. The van der Waals surface area contributed by atoms with Crippen LogP contribution in [0.5, 0.6) is 0 Å². The largest absolute Gasteiger partial charge is 0.545 e. The molecule has 116 valence electrons. The molecule has 1 heterocycles. The number of carbonyl (C=O) groups excluding carboxylic acids is 1. The van der Waals surface area contributed by atoms with Gasteiger partial charge in [-0.1, -0.05) is 29.6 Å². The highest BCUT2D eigenvalue weighted by Gasteiger charge is 2.33. The van der Waals surface area contributed by atoms with Gasteiger partial charge in [-0.2, -0.15) is 4.31 Å². The molecule has 0 aliphatic carbocycles. The number of benzene rings is 1. The Morgan fingerprint density at radius 2 is 1.95 bits per heavy atom. The van der Waals surface area contributed by atoms with E-state index in [1.54, 1.807) is 0 Å². The molecule has 1 aliphatic heterocycles. The molecular weight excluding hydrogens is 337 g/mol. The summed E-state index contributed by atoms with van der Waals surface area (Å²) < 4.78 is 26.7. The second-order valence-corrected chi connectivity index (χ2v) is 7.68. The van der Waals surface area contributed by atoms with Gasteiger partial charge in [0.15, 0.2) is 0 Å². The molecule has 0 N–H and O–H groups in total. The first-order valence-electron chi connectivity index (χ1n) is 6.47. The first-order valence-corrected chi connectivity index (χ1v) is 8.67. The highest BCUT2D eigenvalue weighted by molar-refractivity contribution is 7.89. The van der Waals surface area contributed by atoms with Crippen molar-refractivity contribution in [2.24, 2.45) is 0 Å². The van der Waals surface area contributed by atoms with E-state index in [0.717, 1.165) is 31.4 Å². The molecule has 21 heavy (non-hydrogen) atoms. The maximum atomic E-state index is 12.7. The van der Waals surface area contributed by atoms with E-state index in [0.29, 0.717) is 6.54 Å². The summed E-state index contributed by atoms with van der Waals surface area (Å²) in [6.07, 6.45) is 2.49. The van der Waals surface area contributed by atoms with Crippen molar-refractivity contribution in [3.05, 3.63) is 27.7 Å². The molecule has 0 radical (unpaired) electrons. The number of halogens is 2. The Balaban J connectivity index is 2.54. The monoisotopic (exact) mass is 350 g/mol. The minimum atomic E-state index is -3.86. The van der Waals surface area contributed by atoms with Crippen LogP contribution in [0.1, 0.15) is 36.5 Å². The molecule has 1 saturated heterocycles. The van der Waals surface area contributed by atoms with Crippen molar-refractivity contribution in [3.63, 3.8) is 0 Å². The first kappa shape index (κ1) is 16.5. The summed E-state index contributed by atoms with van der Waals surface area (Å²) >= 11 is 11.7. The second kappa shape index (κ2) is 6.12. The molecule has 0 spiro atoms. The minimum absolute atomic E-state index is 0.0947. The maximum absolute atomic E-state index is 12.7. The summed E-state index contributed by atoms with van der Waals surface area (Å²) in [5, 5.41) is 10.8. The molecule has 0 saturated carbocycles. The highest BCUT2D eigenvalue weighted by atomic mass is 35.5. The number of carbonyl (C=O) groups is 1. The Morgan fingerprint density at radius 1 is 1.29 bits per heavy atom. The van der Waals surface area contributed by atoms with Crippen molar-refractivity contribution >= 4 is 39.2 Å². The Bertz CT molecular complexity index is 675. The van der Waals surface area contributed by atoms with Gasteiger partial charge in [0.05, 0.1) is 16.0 Å². The van der Waals surface area contributed by atoms with Crippen LogP contribution in [-0.2, 0) is 10.0 Å². The van der Waals surface area contributed by atoms with Gasteiger partial charge in [-0.25, -0.2) is 8.42 Å². The van der Waals surface area contributed by atoms with Crippen molar-refractivity contribution in [1.82, 2.24) is 4.31 Å². The van der Waals surface area contributed by atoms with Crippen LogP contribution in [0.2, 0.25) is 10.0 Å². The number of hydrogen-bond donors (Lipinski definition) is 0. The lowest BCUT2D eigenvalue weighted by Crippen LogP contribution is -2.42. The molecule has 8 heteroatoms. The summed E-state index contributed by atoms with van der Waals surface area (Å²) in [5.41, 5.74) is -0.385. The smallest absolute Gasteiger partial charge is 0.244 e. The van der Waals surface area contributed by atoms with Crippen LogP contribution in [0.4, 0.5) is 0 Å². The fourth-order valence-corrected chi connectivity index (χ4v) is 4.96. The molecule has 0 unspecified atom stereocenters. The molecule has 1 aromatic rings. The van der Waals surface area contributed by atoms with E-state index >= 15 is 0 Å². The molecule has 0 bridgehead atoms. The van der Waals surface area contributed by atoms with E-state index in [1.165, 1.54) is 4.31 Å². The Kier molecular flexibility index (Phi) is 4.82. The number of aromatic carboxylic acids is 1. The molecule has 1 fully saturated rings. The number of hydrogen-bond acceptors (Lipinski definition) is 4. The summed E-state index contributed by atoms with van der Waals surface area (Å²) in [5.74, 6) is -1.54. The van der Waals surface area contributed by atoms with Gasteiger partial charge in [0.2, 0.25) is 10.0 Å². The van der Waals surface area contributed by atoms with Crippen molar-refractivity contribution in [2.45, 2.75) is 37.1 Å². The van der Waals surface area contributed by atoms with E-state index < -0.39 is 16.0 Å². The molecule has 1 aromatic carbocycles. The third-order valence-electron chi connectivity index (χ3n) is 3.57. The molecular formula is C13H14Cl2NO4S-. The van der Waals surface area contributed by atoms with Crippen LogP contribution in [0.15, 0.2) is 17.0 Å². The molecule has 5 nitrogen and oxygen atoms in total. The van der Waals surface area contributed by atoms with E-state index in [2.05, 4.69) is 0 Å². The average Bonchev–Trinajstić information content (AvgIpc) is 2.38. The van der Waals surface area contributed by atoms with Gasteiger partial charge >= 0.3 is 0 Å². The number of piperidine rings is 1. The maximum Gasteiger partial charge on any atom is 0.244 e. The second-order valence-electron chi connectivity index (χ2n) is 5.01. The zero-order valence-corrected chi connectivity index (χ0v) is 13.6. The number of sulfonamides is 1. The predicted octanol–water partition coefficient (Wildman–Crippen LogP) is 1.92. The van der Waals surface area contributed by atoms with Crippen molar-refractivity contribution < 1.29 is 18.3 Å². The van der Waals surface area contributed by atoms with Gasteiger partial charge in [0.25, 0.3) is 0 Å². The molecule has 0 amide bonds. The Hall–Kier alpha value is -0.820. The van der Waals surface area contributed by atoms with Crippen molar-refractivity contribution in [2.75, 3.05) is 6.54 Å². The van der Waals surface area contributed by atoms with E-state index in [9.17, 15) is 18.3 Å². The van der Waals surface area contributed by atoms with Gasteiger partial charge in [0, 0.05) is 18.2 Å². The van der Waals surface area contributed by atoms with E-state index in [1.807, 2.05) is 6.92 Å². The Morgan fingerprint density at radius 3 is 2.52 bits per heavy atom. The summed E-state index contributed by atoms with van der Waals surface area (Å²) in [6, 6.07) is 1.94. The number of carboxylic acid groups (broad SMARTS) is 1. The van der Waals surface area contributed by atoms with Gasteiger partial charge in [0.1, 0.15) is 4.90 Å². The third kappa shape index (κ3) is 3.18. The van der Waals surface area contributed by atoms with Crippen LogP contribution >= 0.6 is 23.2 Å². The van der Waals surface area contributed by atoms with Crippen LogP contribution in [0, 0.1) is 0 Å². The van der Waals surface area contributed by atoms with Crippen LogP contribution in [0.3, 0.4) is 0 Å². The molecule has 2 rings (SSSR count). The SMILES string of the molecule is C[C@@H]1CCCCN1S(=O)(=O)c1cc(C(=O)[O-])c(Cl)cc1Cl. The average molecular weight is 351 g/mol. The van der Waals surface area contributed by atoms with Crippen molar-refractivity contribution in [1.29, 1.82) is 0 Å². The summed E-state index contributed by atoms with van der Waals surface area (Å²) in [6.45, 7) is 2.21. The lowest BCUT2D eigenvalue weighted by molar-refractivity contribution is -0.255. The standard InChI is InChI=1S/C13H15Cl2NO4S/c1-8-4-2-3-5-16(8)21(19,20)12-6-9(13(17)18)10(14)7-11(12)15/h6-8H,2-5H2,1H3,(H,17,18)/p-1/t8-/m1/s1. The lowest BCUT2D eigenvalue weighted by Gasteiger charge is -2.32. The summed E-state index contributed by atoms with van der Waals surface area (Å²) in [7, 11) is -3.86. The van der Waals surface area contributed by atoms with Gasteiger partial charge in [-0.15, -0.1) is 0 Å². The number of nitrogens with zero attached hydrogens (tertiary/aromatic N) is 1. The third-order valence-corrected chi connectivity index (χ3v) is 6.36. The van der Waals surface area contributed by atoms with Gasteiger partial charge in [-0.3, -0.25) is 0 Å². The molecule has 0 aromatic heterocycles. The zero-order valence-electron chi connectivity index (χ0n) is 11.3. The fraction of sp³-hybridized carbons (Fsp3) is 0.462. The Labute approximate surface area is 133 Å². The number of carboxylic acids is 1. The van der Waals surface area contributed by atoms with Crippen molar-refractivity contribution in [3.8, 4) is 0 Å². The quantitative estimate of drug-likeness (QED) is 0.834. The van der Waals surface area contributed by atoms with E-state index in [-0.39, 0.29) is 26.5 Å². The van der Waals surface area contributed by atoms with Crippen LogP contribution in [0.25, 0.3) is 0 Å². The normalized spacial score (nSPS) is 20.4. The molecule has 1 atom stereocenters. The van der Waals surface area contributed by atoms with Crippen LogP contribution in [-0.4, -0.2) is 31.3 Å². The minimum Gasteiger partial charge on any atom is -0.545 e. The van der Waals surface area contributed by atoms with E-state index in [4.69, 9.17) is 23.2 Å². The van der Waals surface area contributed by atoms with Crippen LogP contribution < -0.4 is 5.11 Å². The summed E-state index contributed by atoms with van der Waals surface area (Å²) in [4.78, 5) is 10.8. The fourth-order valence-electron chi connectivity index (χ4n) is 2.44. The zero-order chi connectivity index (χ0) is 15.8. The first-order chi connectivity index (χ1) is 9.75. The topological polar surface area (TPSA) is 77.5 Å².